The third kappa shape index (κ3) is 1.96. The Hall–Kier alpha value is -1.50. The minimum Gasteiger partial charge on any atom is -0.351 e. The van der Waals surface area contributed by atoms with Crippen LogP contribution in [-0.4, -0.2) is 11.9 Å². The Labute approximate surface area is 91.8 Å². The van der Waals surface area contributed by atoms with Crippen molar-refractivity contribution in [1.29, 1.82) is 0 Å². The molecule has 1 aliphatic carbocycles. The first kappa shape index (κ1) is 10.0. The molecule has 0 spiro atoms. The van der Waals surface area contributed by atoms with E-state index in [0.717, 1.165) is 18.4 Å². The van der Waals surface area contributed by atoms with Crippen molar-refractivity contribution in [2.24, 2.45) is 0 Å². The summed E-state index contributed by atoms with van der Waals surface area (Å²) in [5, 5.41) is 0. The van der Waals surface area contributed by atoms with Crippen LogP contribution in [0.1, 0.15) is 19.8 Å². The van der Waals surface area contributed by atoms with Crippen molar-refractivity contribution < 1.29 is 0 Å². The van der Waals surface area contributed by atoms with Crippen LogP contribution in [0, 0.1) is 0 Å². The van der Waals surface area contributed by atoms with E-state index in [2.05, 4.69) is 56.0 Å². The van der Waals surface area contributed by atoms with Gasteiger partial charge in [0.2, 0.25) is 0 Å². The normalized spacial score (nSPS) is 26.7. The highest BCUT2D eigenvalue weighted by Gasteiger charge is 2.13. The van der Waals surface area contributed by atoms with Gasteiger partial charge in [-0.15, -0.1) is 0 Å². The Balaban J connectivity index is 2.51. The van der Waals surface area contributed by atoms with Gasteiger partial charge in [0.25, 0.3) is 0 Å². The van der Waals surface area contributed by atoms with Gasteiger partial charge in [0.05, 0.1) is 0 Å². The lowest BCUT2D eigenvalue weighted by molar-refractivity contribution is 0.572. The van der Waals surface area contributed by atoms with Gasteiger partial charge in [-0.2, -0.15) is 0 Å². The Kier molecular flexibility index (Phi) is 2.63. The summed E-state index contributed by atoms with van der Waals surface area (Å²) in [6.45, 7) is 6.27. The summed E-state index contributed by atoms with van der Waals surface area (Å²) in [7, 11) is 2.09. The van der Waals surface area contributed by atoms with Crippen molar-refractivity contribution in [3.8, 4) is 0 Å². The van der Waals surface area contributed by atoms with Gasteiger partial charge in [-0.3, -0.25) is 0 Å². The van der Waals surface area contributed by atoms with Crippen molar-refractivity contribution in [3.05, 3.63) is 59.5 Å². The highest BCUT2D eigenvalue weighted by Crippen LogP contribution is 2.29. The second kappa shape index (κ2) is 3.93. The Morgan fingerprint density at radius 1 is 1.33 bits per heavy atom. The highest BCUT2D eigenvalue weighted by atomic mass is 15.1. The van der Waals surface area contributed by atoms with E-state index in [9.17, 15) is 0 Å². The molecule has 2 aliphatic rings. The molecule has 15 heavy (non-hydrogen) atoms. The van der Waals surface area contributed by atoms with Crippen LogP contribution in [-0.2, 0) is 0 Å². The topological polar surface area (TPSA) is 3.24 Å². The Bertz CT molecular complexity index is 405. The molecule has 0 bridgehead atoms. The van der Waals surface area contributed by atoms with Crippen molar-refractivity contribution in [3.63, 3.8) is 0 Å². The van der Waals surface area contributed by atoms with Gasteiger partial charge in [0, 0.05) is 18.9 Å². The van der Waals surface area contributed by atoms with Crippen molar-refractivity contribution in [2.75, 3.05) is 7.05 Å². The van der Waals surface area contributed by atoms with E-state index in [4.69, 9.17) is 0 Å². The molecule has 78 valence electrons. The standard InChI is InChI=1S/C14H17N/c1-11-8-9-15(3)14-7-5-4-6-13(14)12(2)10-11/h5,7-10H,2,4,6H2,1,3H3/b9-8-,11-10-. The minimum atomic E-state index is 1.10. The van der Waals surface area contributed by atoms with Gasteiger partial charge in [-0.1, -0.05) is 18.7 Å². The smallest absolute Gasteiger partial charge is 0.0438 e. The zero-order chi connectivity index (χ0) is 10.8. The van der Waals surface area contributed by atoms with Crippen LogP contribution in [0.2, 0.25) is 0 Å². The number of nitrogens with zero attached hydrogens (tertiary/aromatic N) is 1. The number of allylic oxidation sites excluding steroid dienone is 7. The second-order valence-corrected chi connectivity index (χ2v) is 4.15. The average molecular weight is 199 g/mol. The quantitative estimate of drug-likeness (QED) is 0.576. The predicted octanol–water partition coefficient (Wildman–Crippen LogP) is 3.55. The molecule has 0 amide bonds. The zero-order valence-electron chi connectivity index (χ0n) is 9.46. The SMILES string of the molecule is C=C1/C=C(C)\C=C/N(C)C2=C1CCC=C2. The van der Waals surface area contributed by atoms with Crippen molar-refractivity contribution >= 4 is 0 Å². The van der Waals surface area contributed by atoms with E-state index >= 15 is 0 Å². The lowest BCUT2D eigenvalue weighted by atomic mass is 9.93. The third-order valence-electron chi connectivity index (χ3n) is 2.88. The van der Waals surface area contributed by atoms with Gasteiger partial charge in [0.1, 0.15) is 0 Å². The molecule has 0 aromatic rings. The molecule has 0 aromatic carbocycles. The maximum atomic E-state index is 4.16. The van der Waals surface area contributed by atoms with Gasteiger partial charge < -0.3 is 4.90 Å². The Morgan fingerprint density at radius 2 is 2.13 bits per heavy atom. The van der Waals surface area contributed by atoms with Crippen LogP contribution in [0.25, 0.3) is 0 Å². The van der Waals surface area contributed by atoms with Gasteiger partial charge in [-0.05, 0) is 48.6 Å². The fourth-order valence-corrected chi connectivity index (χ4v) is 2.03. The van der Waals surface area contributed by atoms with Crippen molar-refractivity contribution in [1.82, 2.24) is 4.90 Å². The van der Waals surface area contributed by atoms with Crippen LogP contribution in [0.5, 0.6) is 0 Å². The molecule has 1 aliphatic heterocycles. The van der Waals surface area contributed by atoms with Crippen LogP contribution in [0.15, 0.2) is 59.5 Å². The molecule has 0 fully saturated rings. The predicted molar refractivity (Wildman–Crippen MR) is 65.2 cm³/mol. The summed E-state index contributed by atoms with van der Waals surface area (Å²) in [5.41, 5.74) is 5.07. The molecule has 0 saturated heterocycles. The van der Waals surface area contributed by atoms with Crippen LogP contribution in [0.4, 0.5) is 0 Å². The average Bonchev–Trinajstić information content (AvgIpc) is 2.24. The van der Waals surface area contributed by atoms with Gasteiger partial charge >= 0.3 is 0 Å². The lowest BCUT2D eigenvalue weighted by Crippen LogP contribution is -2.14. The van der Waals surface area contributed by atoms with Gasteiger partial charge in [-0.25, -0.2) is 0 Å². The maximum absolute atomic E-state index is 4.16. The van der Waals surface area contributed by atoms with E-state index in [1.165, 1.54) is 16.8 Å². The van der Waals surface area contributed by atoms with Gasteiger partial charge in [0.15, 0.2) is 0 Å². The van der Waals surface area contributed by atoms with E-state index in [-0.39, 0.29) is 0 Å². The molecule has 0 radical (unpaired) electrons. The van der Waals surface area contributed by atoms with Crippen LogP contribution < -0.4 is 0 Å². The fourth-order valence-electron chi connectivity index (χ4n) is 2.03. The first-order chi connectivity index (χ1) is 7.18. The fraction of sp³-hybridized carbons (Fsp3) is 0.286. The highest BCUT2D eigenvalue weighted by molar-refractivity contribution is 5.49. The second-order valence-electron chi connectivity index (χ2n) is 4.15. The number of hydrogen-bond acceptors (Lipinski definition) is 1. The molecular weight excluding hydrogens is 182 g/mol. The monoisotopic (exact) mass is 199 g/mol. The van der Waals surface area contributed by atoms with E-state index in [1.54, 1.807) is 0 Å². The van der Waals surface area contributed by atoms with E-state index in [0.29, 0.717) is 0 Å². The zero-order valence-corrected chi connectivity index (χ0v) is 9.46. The molecule has 0 atom stereocenters. The number of likely N-dealkylation sites (N-methyl/N-ethyl adjacent to an activating group) is 1. The molecular formula is C14H17N. The lowest BCUT2D eigenvalue weighted by Gasteiger charge is -2.25. The largest absolute Gasteiger partial charge is 0.351 e. The summed E-state index contributed by atoms with van der Waals surface area (Å²) >= 11 is 0. The van der Waals surface area contributed by atoms with Crippen molar-refractivity contribution in [2.45, 2.75) is 19.8 Å². The molecule has 1 heterocycles. The Morgan fingerprint density at radius 3 is 2.93 bits per heavy atom. The molecule has 2 rings (SSSR count). The first-order valence-electron chi connectivity index (χ1n) is 5.37. The summed E-state index contributed by atoms with van der Waals surface area (Å²) in [6, 6.07) is 0. The summed E-state index contributed by atoms with van der Waals surface area (Å²) in [4.78, 5) is 2.17. The summed E-state index contributed by atoms with van der Waals surface area (Å²) < 4.78 is 0. The molecule has 0 saturated carbocycles. The summed E-state index contributed by atoms with van der Waals surface area (Å²) in [5.74, 6) is 0. The molecule has 1 heteroatoms. The number of rotatable bonds is 0. The summed E-state index contributed by atoms with van der Waals surface area (Å²) in [6.07, 6.45) is 13.1. The molecule has 0 unspecified atom stereocenters. The van der Waals surface area contributed by atoms with E-state index in [1.807, 2.05) is 0 Å². The third-order valence-corrected chi connectivity index (χ3v) is 2.88. The molecule has 0 N–H and O–H groups in total. The minimum absolute atomic E-state index is 1.10. The first-order valence-corrected chi connectivity index (χ1v) is 5.37. The van der Waals surface area contributed by atoms with E-state index < -0.39 is 0 Å². The maximum Gasteiger partial charge on any atom is 0.0438 e. The molecule has 0 aromatic heterocycles. The number of hydrogen-bond donors (Lipinski definition) is 0. The molecule has 1 nitrogen and oxygen atoms in total. The van der Waals surface area contributed by atoms with Crippen LogP contribution in [0.3, 0.4) is 0 Å². The van der Waals surface area contributed by atoms with Crippen LogP contribution >= 0.6 is 0 Å².